The van der Waals surface area contributed by atoms with Crippen molar-refractivity contribution in [2.24, 2.45) is 17.8 Å². The lowest BCUT2D eigenvalue weighted by Crippen LogP contribution is -2.47. The highest BCUT2D eigenvalue weighted by Gasteiger charge is 2.39. The highest BCUT2D eigenvalue weighted by molar-refractivity contribution is 5.82. The lowest BCUT2D eigenvalue weighted by molar-refractivity contribution is -0.123. The van der Waals surface area contributed by atoms with E-state index < -0.39 is 0 Å². The Hall–Kier alpha value is -1.99. The van der Waals surface area contributed by atoms with Gasteiger partial charge in [0, 0.05) is 37.2 Å². The average molecular weight is 331 g/mol. The molecule has 1 saturated carbocycles. The van der Waals surface area contributed by atoms with Gasteiger partial charge in [0.15, 0.2) is 0 Å². The quantitative estimate of drug-likeness (QED) is 0.608. The minimum Gasteiger partial charge on any atom is -0.355 e. The molecule has 7 nitrogen and oxygen atoms in total. The second kappa shape index (κ2) is 7.27. The molecule has 24 heavy (non-hydrogen) atoms. The third-order valence-corrected chi connectivity index (χ3v) is 4.93. The van der Waals surface area contributed by atoms with E-state index in [1.165, 1.54) is 0 Å². The van der Waals surface area contributed by atoms with Gasteiger partial charge in [0.25, 0.3) is 0 Å². The number of nitrogens with one attached hydrogen (secondary N) is 4. The van der Waals surface area contributed by atoms with Crippen molar-refractivity contribution in [3.8, 4) is 0 Å². The van der Waals surface area contributed by atoms with E-state index in [-0.39, 0.29) is 42.3 Å². The van der Waals surface area contributed by atoms with Gasteiger partial charge in [-0.25, -0.2) is 10.9 Å². The maximum atomic E-state index is 12.1. The fraction of sp³-hybridized carbons (Fsp3) is 0.588. The zero-order valence-corrected chi connectivity index (χ0v) is 14.1. The van der Waals surface area contributed by atoms with Crippen molar-refractivity contribution < 1.29 is 9.59 Å². The molecule has 0 aromatic carbocycles. The van der Waals surface area contributed by atoms with Crippen LogP contribution in [0.4, 0.5) is 0 Å². The smallest absolute Gasteiger partial charge is 0.223 e. The van der Waals surface area contributed by atoms with E-state index in [1.54, 1.807) is 12.4 Å². The van der Waals surface area contributed by atoms with Crippen LogP contribution in [0.1, 0.15) is 38.3 Å². The summed E-state index contributed by atoms with van der Waals surface area (Å²) in [6.07, 6.45) is 4.63. The fourth-order valence-corrected chi connectivity index (χ4v) is 3.12. The number of carbonyl (C=O) groups excluding carboxylic acids is 2. The van der Waals surface area contributed by atoms with E-state index in [9.17, 15) is 9.59 Å². The molecule has 2 fully saturated rings. The van der Waals surface area contributed by atoms with E-state index in [2.05, 4.69) is 40.3 Å². The molecule has 7 heteroatoms. The third-order valence-electron chi connectivity index (χ3n) is 4.93. The molecule has 1 aliphatic carbocycles. The van der Waals surface area contributed by atoms with Crippen LogP contribution in [0.2, 0.25) is 0 Å². The van der Waals surface area contributed by atoms with Gasteiger partial charge in [-0.1, -0.05) is 13.8 Å². The van der Waals surface area contributed by atoms with Gasteiger partial charge in [-0.05, 0) is 30.0 Å². The second-order valence-electron chi connectivity index (χ2n) is 6.81. The Balaban J connectivity index is 1.41. The van der Waals surface area contributed by atoms with E-state index >= 15 is 0 Å². The summed E-state index contributed by atoms with van der Waals surface area (Å²) in [4.78, 5) is 27.8. The summed E-state index contributed by atoms with van der Waals surface area (Å²) in [6, 6.07) is 4.05. The number of hydrogen-bond acceptors (Lipinski definition) is 5. The number of amides is 2. The number of nitrogens with zero attached hydrogens (tertiary/aromatic N) is 1. The van der Waals surface area contributed by atoms with Crippen molar-refractivity contribution in [3.63, 3.8) is 0 Å². The molecule has 130 valence electrons. The first-order valence-corrected chi connectivity index (χ1v) is 8.54. The van der Waals surface area contributed by atoms with Gasteiger partial charge in [-0.15, -0.1) is 0 Å². The van der Waals surface area contributed by atoms with Gasteiger partial charge in [-0.3, -0.25) is 14.6 Å². The summed E-state index contributed by atoms with van der Waals surface area (Å²) in [5.74, 6) is 0.828. The number of pyridine rings is 1. The van der Waals surface area contributed by atoms with Gasteiger partial charge >= 0.3 is 0 Å². The van der Waals surface area contributed by atoms with Gasteiger partial charge in [-0.2, -0.15) is 0 Å². The van der Waals surface area contributed by atoms with Crippen LogP contribution in [0.3, 0.4) is 0 Å². The zero-order valence-electron chi connectivity index (χ0n) is 14.1. The minimum atomic E-state index is -0.144. The summed E-state index contributed by atoms with van der Waals surface area (Å²) in [5, 5.41) is 5.81. The van der Waals surface area contributed by atoms with Crippen LogP contribution in [0.15, 0.2) is 24.5 Å². The maximum absolute atomic E-state index is 12.1. The number of carbonyl (C=O) groups is 2. The Labute approximate surface area is 142 Å². The molecule has 0 radical (unpaired) electrons. The molecule has 2 amide bonds. The summed E-state index contributed by atoms with van der Waals surface area (Å²) in [7, 11) is 0. The van der Waals surface area contributed by atoms with E-state index in [4.69, 9.17) is 0 Å². The molecular formula is C17H25N5O2. The van der Waals surface area contributed by atoms with Gasteiger partial charge in [0.1, 0.15) is 0 Å². The van der Waals surface area contributed by atoms with Crippen LogP contribution in [-0.4, -0.2) is 29.5 Å². The van der Waals surface area contributed by atoms with E-state index in [1.807, 2.05) is 12.1 Å². The van der Waals surface area contributed by atoms with Gasteiger partial charge in [0.2, 0.25) is 11.8 Å². The maximum Gasteiger partial charge on any atom is 0.223 e. The Morgan fingerprint density at radius 1 is 1.25 bits per heavy atom. The topological polar surface area (TPSA) is 95.2 Å². The van der Waals surface area contributed by atoms with Gasteiger partial charge in [0.05, 0.1) is 12.2 Å². The molecule has 1 saturated heterocycles. The minimum absolute atomic E-state index is 0.0688. The van der Waals surface area contributed by atoms with Crippen molar-refractivity contribution in [2.45, 2.75) is 38.9 Å². The van der Waals surface area contributed by atoms with Crippen LogP contribution in [0.25, 0.3) is 0 Å². The monoisotopic (exact) mass is 331 g/mol. The molecule has 1 aliphatic heterocycles. The first-order valence-electron chi connectivity index (χ1n) is 8.54. The standard InChI is InChI=1S/C17H25N5O2/c1-10-9-13(10)17(24)19-8-5-14(23)20-16-11(2)15(21-22-16)12-3-6-18-7-4-12/h3-4,6-7,10-11,13,15-16,21-22H,5,8-9H2,1-2H3,(H,19,24)(H,20,23). The molecule has 3 rings (SSSR count). The Morgan fingerprint density at radius 3 is 2.62 bits per heavy atom. The first-order chi connectivity index (χ1) is 11.6. The molecule has 4 N–H and O–H groups in total. The summed E-state index contributed by atoms with van der Waals surface area (Å²) in [6.45, 7) is 4.53. The summed E-state index contributed by atoms with van der Waals surface area (Å²) < 4.78 is 0. The average Bonchev–Trinajstić information content (AvgIpc) is 3.21. The highest BCUT2D eigenvalue weighted by Crippen LogP contribution is 2.37. The molecule has 0 bridgehead atoms. The van der Waals surface area contributed by atoms with Crippen molar-refractivity contribution in [2.75, 3.05) is 6.54 Å². The van der Waals surface area contributed by atoms with E-state index in [0.717, 1.165) is 12.0 Å². The lowest BCUT2D eigenvalue weighted by Gasteiger charge is -2.19. The molecule has 1 aromatic heterocycles. The van der Waals surface area contributed by atoms with Crippen molar-refractivity contribution >= 4 is 11.8 Å². The van der Waals surface area contributed by atoms with Crippen LogP contribution in [0.5, 0.6) is 0 Å². The molecule has 5 unspecified atom stereocenters. The Kier molecular flexibility index (Phi) is 5.11. The highest BCUT2D eigenvalue weighted by atomic mass is 16.2. The van der Waals surface area contributed by atoms with Crippen LogP contribution in [0, 0.1) is 17.8 Å². The summed E-state index contributed by atoms with van der Waals surface area (Å²) >= 11 is 0. The fourth-order valence-electron chi connectivity index (χ4n) is 3.12. The van der Waals surface area contributed by atoms with Crippen LogP contribution >= 0.6 is 0 Å². The van der Waals surface area contributed by atoms with Crippen molar-refractivity contribution in [3.05, 3.63) is 30.1 Å². The number of rotatable bonds is 6. The normalized spacial score (nSPS) is 31.5. The molecule has 2 aliphatic rings. The van der Waals surface area contributed by atoms with Gasteiger partial charge < -0.3 is 10.6 Å². The van der Waals surface area contributed by atoms with Crippen molar-refractivity contribution in [1.29, 1.82) is 0 Å². The molecule has 1 aromatic rings. The van der Waals surface area contributed by atoms with Crippen LogP contribution < -0.4 is 21.5 Å². The number of aromatic nitrogens is 1. The first kappa shape index (κ1) is 16.9. The predicted octanol–water partition coefficient (Wildman–Crippen LogP) is 0.471. The Bertz CT molecular complexity index is 594. The lowest BCUT2D eigenvalue weighted by atomic mass is 9.95. The van der Waals surface area contributed by atoms with Crippen molar-refractivity contribution in [1.82, 2.24) is 26.5 Å². The zero-order chi connectivity index (χ0) is 17.1. The number of hydrazine groups is 1. The second-order valence-corrected chi connectivity index (χ2v) is 6.81. The third kappa shape index (κ3) is 3.91. The SMILES string of the molecule is CC1CC1C(=O)NCCC(=O)NC1NNC(c2ccncc2)C1C. The predicted molar refractivity (Wildman–Crippen MR) is 89.2 cm³/mol. The largest absolute Gasteiger partial charge is 0.355 e. The summed E-state index contributed by atoms with van der Waals surface area (Å²) in [5.41, 5.74) is 7.48. The Morgan fingerprint density at radius 2 is 1.96 bits per heavy atom. The molecule has 5 atom stereocenters. The molecule has 2 heterocycles. The van der Waals surface area contributed by atoms with Crippen LogP contribution in [-0.2, 0) is 9.59 Å². The molecular weight excluding hydrogens is 306 g/mol. The number of hydrogen-bond donors (Lipinski definition) is 4. The van der Waals surface area contributed by atoms with E-state index in [0.29, 0.717) is 12.5 Å². The molecule has 0 spiro atoms.